The smallest absolute Gasteiger partial charge is 0.342 e. The second kappa shape index (κ2) is 9.51. The van der Waals surface area contributed by atoms with Gasteiger partial charge < -0.3 is 19.0 Å². The minimum atomic E-state index is -4.08. The summed E-state index contributed by atoms with van der Waals surface area (Å²) in [4.78, 5) is 41.7. The number of sulfonamides is 1. The quantitative estimate of drug-likeness (QED) is 0.533. The lowest BCUT2D eigenvalue weighted by atomic mass is 10.1. The lowest BCUT2D eigenvalue weighted by Crippen LogP contribution is -2.51. The van der Waals surface area contributed by atoms with E-state index in [0.717, 1.165) is 5.56 Å². The summed E-state index contributed by atoms with van der Waals surface area (Å²) in [6.07, 6.45) is 0. The van der Waals surface area contributed by atoms with Crippen LogP contribution < -0.4 is 5.56 Å². The van der Waals surface area contributed by atoms with Crippen LogP contribution in [0, 0.1) is 13.8 Å². The SMILES string of the molecule is COC(=O)c1c(C)oc(C)c1S(=O)(=O)N1CCN(C(=O)c2ccc(-c3ccccc3)[nH]c2=O)CC1. The Morgan fingerprint density at radius 2 is 1.63 bits per heavy atom. The van der Waals surface area contributed by atoms with Gasteiger partial charge in [0.25, 0.3) is 11.5 Å². The minimum Gasteiger partial charge on any atom is -0.465 e. The maximum atomic E-state index is 13.3. The molecule has 1 amide bonds. The van der Waals surface area contributed by atoms with Gasteiger partial charge >= 0.3 is 5.97 Å². The summed E-state index contributed by atoms with van der Waals surface area (Å²) in [6, 6.07) is 12.4. The van der Waals surface area contributed by atoms with Crippen molar-refractivity contribution in [3.63, 3.8) is 0 Å². The van der Waals surface area contributed by atoms with Crippen molar-refractivity contribution in [3.8, 4) is 11.3 Å². The molecule has 1 saturated heterocycles. The summed E-state index contributed by atoms with van der Waals surface area (Å²) < 4.78 is 38.0. The van der Waals surface area contributed by atoms with Crippen LogP contribution in [-0.2, 0) is 14.8 Å². The molecule has 4 rings (SSSR count). The van der Waals surface area contributed by atoms with Gasteiger partial charge in [0.05, 0.1) is 7.11 Å². The Morgan fingerprint density at radius 3 is 2.23 bits per heavy atom. The van der Waals surface area contributed by atoms with Crippen LogP contribution in [0.4, 0.5) is 0 Å². The van der Waals surface area contributed by atoms with Gasteiger partial charge in [-0.1, -0.05) is 30.3 Å². The molecule has 10 nitrogen and oxygen atoms in total. The van der Waals surface area contributed by atoms with Crippen molar-refractivity contribution in [1.29, 1.82) is 0 Å². The molecule has 2 aromatic heterocycles. The van der Waals surface area contributed by atoms with Crippen LogP contribution >= 0.6 is 0 Å². The summed E-state index contributed by atoms with van der Waals surface area (Å²) in [7, 11) is -2.92. The number of carbonyl (C=O) groups excluding carboxylic acids is 2. The normalized spacial score (nSPS) is 14.7. The highest BCUT2D eigenvalue weighted by atomic mass is 32.2. The molecule has 0 aliphatic carbocycles. The maximum absolute atomic E-state index is 13.3. The van der Waals surface area contributed by atoms with Crippen molar-refractivity contribution in [1.82, 2.24) is 14.2 Å². The largest absolute Gasteiger partial charge is 0.465 e. The molecule has 1 N–H and O–H groups in total. The lowest BCUT2D eigenvalue weighted by Gasteiger charge is -2.33. The third-order valence-electron chi connectivity index (χ3n) is 5.94. The molecule has 3 heterocycles. The van der Waals surface area contributed by atoms with E-state index in [2.05, 4.69) is 4.98 Å². The number of rotatable bonds is 5. The second-order valence-corrected chi connectivity index (χ2v) is 9.96. The topological polar surface area (TPSA) is 130 Å². The number of nitrogens with zero attached hydrogens (tertiary/aromatic N) is 2. The molecule has 0 unspecified atom stereocenters. The first-order valence-corrected chi connectivity index (χ1v) is 12.4. The van der Waals surface area contributed by atoms with E-state index >= 15 is 0 Å². The molecule has 0 saturated carbocycles. The number of ether oxygens (including phenoxy) is 1. The van der Waals surface area contributed by atoms with Crippen LogP contribution in [0.2, 0.25) is 0 Å². The molecule has 1 aliphatic rings. The van der Waals surface area contributed by atoms with Gasteiger partial charge in [0.15, 0.2) is 0 Å². The summed E-state index contributed by atoms with van der Waals surface area (Å²) >= 11 is 0. The van der Waals surface area contributed by atoms with Gasteiger partial charge in [-0.3, -0.25) is 9.59 Å². The fraction of sp³-hybridized carbons (Fsp3) is 0.292. The Labute approximate surface area is 202 Å². The van der Waals surface area contributed by atoms with E-state index in [9.17, 15) is 22.8 Å². The van der Waals surface area contributed by atoms with Crippen LogP contribution in [0.15, 0.2) is 56.6 Å². The molecule has 1 fully saturated rings. The van der Waals surface area contributed by atoms with Crippen LogP contribution in [0.5, 0.6) is 0 Å². The molecule has 0 radical (unpaired) electrons. The van der Waals surface area contributed by atoms with Crippen LogP contribution in [0.3, 0.4) is 0 Å². The molecular formula is C24H25N3O7S. The zero-order valence-electron chi connectivity index (χ0n) is 19.5. The lowest BCUT2D eigenvalue weighted by molar-refractivity contribution is 0.0594. The molecule has 3 aromatic rings. The number of carbonyl (C=O) groups is 2. The minimum absolute atomic E-state index is 0.00163. The number of aromatic amines is 1. The van der Waals surface area contributed by atoms with E-state index in [0.29, 0.717) is 5.69 Å². The first-order chi connectivity index (χ1) is 16.6. The molecule has 0 spiro atoms. The summed E-state index contributed by atoms with van der Waals surface area (Å²) in [5, 5.41) is 0. The number of hydrogen-bond acceptors (Lipinski definition) is 7. The summed E-state index contributed by atoms with van der Waals surface area (Å²) in [6.45, 7) is 3.13. The summed E-state index contributed by atoms with van der Waals surface area (Å²) in [5.41, 5.74) is 0.746. The fourth-order valence-electron chi connectivity index (χ4n) is 4.17. The number of H-pyrrole nitrogens is 1. The van der Waals surface area contributed by atoms with E-state index in [4.69, 9.17) is 9.15 Å². The van der Waals surface area contributed by atoms with Gasteiger partial charge in [0.1, 0.15) is 27.5 Å². The fourth-order valence-corrected chi connectivity index (χ4v) is 5.96. The Morgan fingerprint density at radius 1 is 0.971 bits per heavy atom. The standard InChI is InChI=1S/C24H25N3O7S/c1-15-20(24(30)33-3)21(16(2)34-15)35(31,32)27-13-11-26(12-14-27)23(29)18-9-10-19(25-22(18)28)17-7-5-4-6-8-17/h4-10H,11-14H2,1-3H3,(H,25,28). The molecule has 11 heteroatoms. The third-order valence-corrected chi connectivity index (χ3v) is 8.00. The van der Waals surface area contributed by atoms with Crippen molar-refractivity contribution in [2.75, 3.05) is 33.3 Å². The number of esters is 1. The van der Waals surface area contributed by atoms with Gasteiger partial charge in [-0.2, -0.15) is 4.31 Å². The van der Waals surface area contributed by atoms with E-state index in [-0.39, 0.29) is 53.7 Å². The average molecular weight is 500 g/mol. The number of piperazine rings is 1. The third kappa shape index (κ3) is 4.52. The van der Waals surface area contributed by atoms with Crippen molar-refractivity contribution in [2.45, 2.75) is 18.7 Å². The number of aryl methyl sites for hydroxylation is 2. The highest BCUT2D eigenvalue weighted by Crippen LogP contribution is 2.30. The average Bonchev–Trinajstić information content (AvgIpc) is 3.17. The van der Waals surface area contributed by atoms with Crippen molar-refractivity contribution < 1.29 is 27.2 Å². The highest BCUT2D eigenvalue weighted by molar-refractivity contribution is 7.89. The zero-order valence-corrected chi connectivity index (χ0v) is 20.3. The molecule has 0 atom stereocenters. The highest BCUT2D eigenvalue weighted by Gasteiger charge is 2.38. The van der Waals surface area contributed by atoms with Crippen LogP contribution in [0.25, 0.3) is 11.3 Å². The number of methoxy groups -OCH3 is 1. The number of hydrogen-bond donors (Lipinski definition) is 1. The van der Waals surface area contributed by atoms with Gasteiger partial charge in [0.2, 0.25) is 10.0 Å². The van der Waals surface area contributed by atoms with Gasteiger partial charge in [-0.05, 0) is 31.5 Å². The van der Waals surface area contributed by atoms with E-state index in [1.54, 1.807) is 6.07 Å². The van der Waals surface area contributed by atoms with Crippen molar-refractivity contribution >= 4 is 21.9 Å². The van der Waals surface area contributed by atoms with Crippen molar-refractivity contribution in [2.24, 2.45) is 0 Å². The molecule has 1 aromatic carbocycles. The Bertz CT molecular complexity index is 1430. The number of benzene rings is 1. The molecule has 1 aliphatic heterocycles. The first-order valence-electron chi connectivity index (χ1n) is 10.9. The number of furan rings is 1. The second-order valence-electron chi connectivity index (χ2n) is 8.09. The number of pyridine rings is 1. The monoisotopic (exact) mass is 499 g/mol. The first kappa shape index (κ1) is 24.4. The van der Waals surface area contributed by atoms with Gasteiger partial charge in [-0.25, -0.2) is 13.2 Å². The van der Waals surface area contributed by atoms with Crippen LogP contribution in [0.1, 0.15) is 32.2 Å². The Hall–Kier alpha value is -3.70. The van der Waals surface area contributed by atoms with Crippen molar-refractivity contribution in [3.05, 3.63) is 75.5 Å². The molecule has 0 bridgehead atoms. The van der Waals surface area contributed by atoms with Crippen LogP contribution in [-0.4, -0.2) is 67.8 Å². The van der Waals surface area contributed by atoms with E-state index in [1.165, 1.54) is 36.2 Å². The maximum Gasteiger partial charge on any atom is 0.342 e. The summed E-state index contributed by atoms with van der Waals surface area (Å²) in [5.74, 6) is -1.04. The predicted octanol–water partition coefficient (Wildman–Crippen LogP) is 2.19. The number of amides is 1. The van der Waals surface area contributed by atoms with Gasteiger partial charge in [0, 0.05) is 31.9 Å². The number of nitrogens with one attached hydrogen (secondary N) is 1. The zero-order chi connectivity index (χ0) is 25.3. The molecule has 35 heavy (non-hydrogen) atoms. The van der Waals surface area contributed by atoms with Gasteiger partial charge in [-0.15, -0.1) is 0 Å². The van der Waals surface area contributed by atoms with E-state index in [1.807, 2.05) is 30.3 Å². The number of aromatic nitrogens is 1. The Balaban J connectivity index is 1.51. The predicted molar refractivity (Wildman–Crippen MR) is 127 cm³/mol. The molecular weight excluding hydrogens is 474 g/mol. The molecule has 184 valence electrons. The van der Waals surface area contributed by atoms with E-state index < -0.39 is 27.5 Å². The Kier molecular flexibility index (Phi) is 6.64.